The molecule has 1 fully saturated rings. The van der Waals surface area contributed by atoms with Crippen molar-refractivity contribution >= 4 is 0 Å². The van der Waals surface area contributed by atoms with Crippen molar-refractivity contribution in [3.8, 4) is 11.5 Å². The second-order valence-electron chi connectivity index (χ2n) is 4.40. The lowest BCUT2D eigenvalue weighted by molar-refractivity contribution is 0.364. The fraction of sp³-hybridized carbons (Fsp3) is 0.545. The summed E-state index contributed by atoms with van der Waals surface area (Å²) in [6.45, 7) is 1.09. The van der Waals surface area contributed by atoms with Crippen molar-refractivity contribution in [1.82, 2.24) is 25.0 Å². The number of aromatic nitrogens is 4. The van der Waals surface area contributed by atoms with Gasteiger partial charge in [-0.25, -0.2) is 4.98 Å². The predicted octanol–water partition coefficient (Wildman–Crippen LogP) is 0.765. The van der Waals surface area contributed by atoms with Crippen LogP contribution in [0.2, 0.25) is 0 Å². The van der Waals surface area contributed by atoms with Crippen molar-refractivity contribution in [3.05, 3.63) is 18.4 Å². The van der Waals surface area contributed by atoms with E-state index in [9.17, 15) is 0 Å². The number of imidazole rings is 1. The van der Waals surface area contributed by atoms with Gasteiger partial charge in [-0.05, 0) is 19.4 Å². The van der Waals surface area contributed by atoms with Gasteiger partial charge in [-0.15, -0.1) is 0 Å². The molecule has 0 saturated carbocycles. The van der Waals surface area contributed by atoms with E-state index in [2.05, 4.69) is 20.4 Å². The number of hydrogen-bond acceptors (Lipinski definition) is 5. The number of rotatable bonds is 3. The van der Waals surface area contributed by atoms with Gasteiger partial charge in [0.2, 0.25) is 11.7 Å². The van der Waals surface area contributed by atoms with Crippen molar-refractivity contribution in [1.29, 1.82) is 0 Å². The van der Waals surface area contributed by atoms with Crippen LogP contribution in [0.3, 0.4) is 0 Å². The molecule has 17 heavy (non-hydrogen) atoms. The molecular weight excluding hydrogens is 218 g/mol. The number of hydrogen-bond donors (Lipinski definition) is 1. The first-order valence-corrected chi connectivity index (χ1v) is 5.85. The van der Waals surface area contributed by atoms with Gasteiger partial charge in [-0.3, -0.25) is 0 Å². The summed E-state index contributed by atoms with van der Waals surface area (Å²) in [4.78, 5) is 8.44. The fourth-order valence-corrected chi connectivity index (χ4v) is 2.16. The highest BCUT2D eigenvalue weighted by atomic mass is 16.5. The molecule has 2 aromatic rings. The largest absolute Gasteiger partial charge is 0.339 e. The van der Waals surface area contributed by atoms with Gasteiger partial charge < -0.3 is 14.4 Å². The first-order valence-electron chi connectivity index (χ1n) is 5.85. The minimum atomic E-state index is 0.481. The molecule has 0 bridgehead atoms. The van der Waals surface area contributed by atoms with E-state index in [1.54, 1.807) is 12.5 Å². The van der Waals surface area contributed by atoms with Crippen LogP contribution in [0.4, 0.5) is 0 Å². The number of aryl methyl sites for hydroxylation is 1. The highest BCUT2D eigenvalue weighted by Gasteiger charge is 2.19. The van der Waals surface area contributed by atoms with E-state index >= 15 is 0 Å². The van der Waals surface area contributed by atoms with Gasteiger partial charge in [0.25, 0.3) is 0 Å². The molecule has 2 aromatic heterocycles. The Balaban J connectivity index is 1.76. The molecule has 90 valence electrons. The predicted molar refractivity (Wildman–Crippen MR) is 61.2 cm³/mol. The van der Waals surface area contributed by atoms with Crippen LogP contribution in [0.15, 0.2) is 17.0 Å². The maximum absolute atomic E-state index is 5.26. The molecule has 1 aliphatic heterocycles. The second-order valence-corrected chi connectivity index (χ2v) is 4.40. The van der Waals surface area contributed by atoms with Crippen molar-refractivity contribution in [3.63, 3.8) is 0 Å². The Morgan fingerprint density at radius 3 is 3.24 bits per heavy atom. The lowest BCUT2D eigenvalue weighted by atomic mass is 10.1. The van der Waals surface area contributed by atoms with Gasteiger partial charge in [0.15, 0.2) is 0 Å². The van der Waals surface area contributed by atoms with Gasteiger partial charge in [-0.1, -0.05) is 5.16 Å². The minimum absolute atomic E-state index is 0.481. The second kappa shape index (κ2) is 4.29. The van der Waals surface area contributed by atoms with Crippen LogP contribution in [-0.2, 0) is 13.5 Å². The molecular formula is C11H15N5O. The minimum Gasteiger partial charge on any atom is -0.339 e. The van der Waals surface area contributed by atoms with E-state index in [0.29, 0.717) is 17.8 Å². The molecule has 0 aromatic carbocycles. The van der Waals surface area contributed by atoms with E-state index in [1.807, 2.05) is 11.6 Å². The van der Waals surface area contributed by atoms with Gasteiger partial charge in [0, 0.05) is 19.5 Å². The maximum atomic E-state index is 5.26. The maximum Gasteiger partial charge on any atom is 0.228 e. The summed E-state index contributed by atoms with van der Waals surface area (Å²) in [5, 5.41) is 7.40. The van der Waals surface area contributed by atoms with E-state index in [4.69, 9.17) is 4.52 Å². The molecule has 6 heteroatoms. The average molecular weight is 233 g/mol. The molecule has 1 aliphatic rings. The summed E-state index contributed by atoms with van der Waals surface area (Å²) in [6.07, 6.45) is 6.69. The van der Waals surface area contributed by atoms with Crippen molar-refractivity contribution in [2.24, 2.45) is 7.05 Å². The summed E-state index contributed by atoms with van der Waals surface area (Å²) in [7, 11) is 1.91. The first kappa shape index (κ1) is 10.5. The van der Waals surface area contributed by atoms with Crippen LogP contribution >= 0.6 is 0 Å². The van der Waals surface area contributed by atoms with Crippen molar-refractivity contribution < 1.29 is 4.52 Å². The van der Waals surface area contributed by atoms with Crippen LogP contribution in [0.25, 0.3) is 11.5 Å². The third kappa shape index (κ3) is 2.08. The molecule has 1 N–H and O–H groups in total. The zero-order valence-electron chi connectivity index (χ0n) is 9.76. The van der Waals surface area contributed by atoms with Gasteiger partial charge >= 0.3 is 0 Å². The van der Waals surface area contributed by atoms with Crippen molar-refractivity contribution in [2.45, 2.75) is 25.3 Å². The zero-order valence-corrected chi connectivity index (χ0v) is 9.76. The van der Waals surface area contributed by atoms with Gasteiger partial charge in [0.05, 0.1) is 12.5 Å². The zero-order chi connectivity index (χ0) is 11.7. The van der Waals surface area contributed by atoms with E-state index in [0.717, 1.165) is 18.7 Å². The Morgan fingerprint density at radius 2 is 2.53 bits per heavy atom. The fourth-order valence-electron chi connectivity index (χ4n) is 2.16. The summed E-state index contributed by atoms with van der Waals surface area (Å²) in [5.74, 6) is 1.30. The van der Waals surface area contributed by atoms with Crippen LogP contribution in [0, 0.1) is 0 Å². The van der Waals surface area contributed by atoms with Gasteiger partial charge in [-0.2, -0.15) is 4.98 Å². The highest BCUT2D eigenvalue weighted by molar-refractivity contribution is 5.46. The number of nitrogens with zero attached hydrogens (tertiary/aromatic N) is 4. The molecule has 1 atom stereocenters. The average Bonchev–Trinajstić information content (AvgIpc) is 3.00. The lowest BCUT2D eigenvalue weighted by Gasteiger charge is -2.04. The van der Waals surface area contributed by atoms with Crippen LogP contribution in [0.5, 0.6) is 0 Å². The SMILES string of the molecule is Cn1cncc1-c1noc(CC2CCCN2)n1. The Kier molecular flexibility index (Phi) is 2.64. The van der Waals surface area contributed by atoms with Gasteiger partial charge in [0.1, 0.15) is 5.69 Å². The molecule has 6 nitrogen and oxygen atoms in total. The topological polar surface area (TPSA) is 68.8 Å². The molecule has 0 radical (unpaired) electrons. The molecule has 0 amide bonds. The first-order chi connectivity index (χ1) is 8.33. The Hall–Kier alpha value is -1.69. The summed E-state index contributed by atoms with van der Waals surface area (Å²) < 4.78 is 7.14. The lowest BCUT2D eigenvalue weighted by Crippen LogP contribution is -2.23. The monoisotopic (exact) mass is 233 g/mol. The van der Waals surface area contributed by atoms with Crippen LogP contribution < -0.4 is 5.32 Å². The Bertz CT molecular complexity index is 497. The molecule has 1 unspecified atom stereocenters. The highest BCUT2D eigenvalue weighted by Crippen LogP contribution is 2.16. The van der Waals surface area contributed by atoms with Crippen molar-refractivity contribution in [2.75, 3.05) is 6.54 Å². The third-order valence-electron chi connectivity index (χ3n) is 3.10. The van der Waals surface area contributed by atoms with Crippen LogP contribution in [-0.4, -0.2) is 32.3 Å². The molecule has 0 aliphatic carbocycles. The summed E-state index contributed by atoms with van der Waals surface area (Å²) in [5.41, 5.74) is 0.874. The molecule has 0 spiro atoms. The summed E-state index contributed by atoms with van der Waals surface area (Å²) in [6, 6.07) is 0.481. The quantitative estimate of drug-likeness (QED) is 0.847. The van der Waals surface area contributed by atoms with Crippen LogP contribution in [0.1, 0.15) is 18.7 Å². The molecule has 1 saturated heterocycles. The third-order valence-corrected chi connectivity index (χ3v) is 3.10. The smallest absolute Gasteiger partial charge is 0.228 e. The Morgan fingerprint density at radius 1 is 1.59 bits per heavy atom. The number of nitrogens with one attached hydrogen (secondary N) is 1. The Labute approximate surface area is 99.0 Å². The molecule has 3 heterocycles. The molecule has 3 rings (SSSR count). The van der Waals surface area contributed by atoms with E-state index in [1.165, 1.54) is 12.8 Å². The van der Waals surface area contributed by atoms with E-state index < -0.39 is 0 Å². The normalized spacial score (nSPS) is 19.9. The van der Waals surface area contributed by atoms with E-state index in [-0.39, 0.29) is 0 Å². The standard InChI is InChI=1S/C11H15N5O/c1-16-7-12-6-9(16)11-14-10(17-15-11)5-8-3-2-4-13-8/h6-8,13H,2-5H2,1H3. The summed E-state index contributed by atoms with van der Waals surface area (Å²) >= 11 is 0.